The van der Waals surface area contributed by atoms with Crippen molar-refractivity contribution >= 4 is 5.91 Å². The number of likely N-dealkylation sites (tertiary alicyclic amines) is 1. The lowest BCUT2D eigenvalue weighted by Gasteiger charge is -2.31. The first kappa shape index (κ1) is 22.5. The Kier molecular flexibility index (Phi) is 6.38. The molecule has 5 rings (SSSR count). The van der Waals surface area contributed by atoms with Gasteiger partial charge in [-0.05, 0) is 62.2 Å². The lowest BCUT2D eigenvalue weighted by molar-refractivity contribution is 0.0710. The molecular weight excluding hydrogens is 444 g/mol. The number of aromatic nitrogens is 5. The van der Waals surface area contributed by atoms with Gasteiger partial charge in [0.1, 0.15) is 30.0 Å². The standard InChI is InChI=1S/C26H26N6O3/c1-18-14-24(35-23-8-6-22(34-2)7-9-23)30-25(29-18)19-10-12-31(13-11-19)26(33)20-4-3-5-21(15-20)32-16-27-28-17-32/h3-9,14-17,19H,10-13H2,1-2H3. The van der Waals surface area contributed by atoms with Crippen LogP contribution >= 0.6 is 0 Å². The first-order chi connectivity index (χ1) is 17.1. The van der Waals surface area contributed by atoms with Crippen molar-refractivity contribution in [2.24, 2.45) is 0 Å². The monoisotopic (exact) mass is 470 g/mol. The highest BCUT2D eigenvalue weighted by Crippen LogP contribution is 2.29. The summed E-state index contributed by atoms with van der Waals surface area (Å²) in [7, 11) is 1.63. The van der Waals surface area contributed by atoms with Crippen LogP contribution in [0.25, 0.3) is 5.69 Å². The van der Waals surface area contributed by atoms with E-state index in [9.17, 15) is 4.79 Å². The molecule has 0 atom stereocenters. The third kappa shape index (κ3) is 5.13. The summed E-state index contributed by atoms with van der Waals surface area (Å²) in [5.74, 6) is 2.91. The fourth-order valence-electron chi connectivity index (χ4n) is 4.22. The van der Waals surface area contributed by atoms with Gasteiger partial charge in [0.05, 0.1) is 7.11 Å². The van der Waals surface area contributed by atoms with Crippen LogP contribution in [0.3, 0.4) is 0 Å². The molecule has 9 nitrogen and oxygen atoms in total. The van der Waals surface area contributed by atoms with Crippen LogP contribution in [0.1, 0.15) is 40.6 Å². The average molecular weight is 471 g/mol. The number of carbonyl (C=O) groups is 1. The molecule has 4 aromatic rings. The Morgan fingerprint density at radius 1 is 0.943 bits per heavy atom. The zero-order valence-corrected chi connectivity index (χ0v) is 19.7. The second kappa shape index (κ2) is 9.92. The van der Waals surface area contributed by atoms with Crippen LogP contribution < -0.4 is 9.47 Å². The molecule has 0 unspecified atom stereocenters. The summed E-state index contributed by atoms with van der Waals surface area (Å²) in [5.41, 5.74) is 2.35. The van der Waals surface area contributed by atoms with Crippen molar-refractivity contribution in [1.82, 2.24) is 29.6 Å². The predicted octanol–water partition coefficient (Wildman–Crippen LogP) is 4.19. The summed E-state index contributed by atoms with van der Waals surface area (Å²) < 4.78 is 12.9. The van der Waals surface area contributed by atoms with E-state index in [2.05, 4.69) is 20.2 Å². The van der Waals surface area contributed by atoms with Crippen LogP contribution in [0.4, 0.5) is 0 Å². The zero-order chi connectivity index (χ0) is 24.2. The minimum Gasteiger partial charge on any atom is -0.497 e. The van der Waals surface area contributed by atoms with Gasteiger partial charge in [0.2, 0.25) is 5.88 Å². The maximum atomic E-state index is 13.1. The van der Waals surface area contributed by atoms with Crippen LogP contribution in [-0.4, -0.2) is 55.7 Å². The number of amides is 1. The zero-order valence-electron chi connectivity index (χ0n) is 19.7. The third-order valence-electron chi connectivity index (χ3n) is 6.09. The Hall–Kier alpha value is -4.27. The van der Waals surface area contributed by atoms with E-state index in [-0.39, 0.29) is 11.8 Å². The lowest BCUT2D eigenvalue weighted by atomic mass is 9.95. The second-order valence-electron chi connectivity index (χ2n) is 8.47. The third-order valence-corrected chi connectivity index (χ3v) is 6.09. The molecule has 9 heteroatoms. The van der Waals surface area contributed by atoms with Crippen LogP contribution in [0.2, 0.25) is 0 Å². The number of ether oxygens (including phenoxy) is 2. The van der Waals surface area contributed by atoms with Crippen LogP contribution in [0.15, 0.2) is 67.3 Å². The summed E-state index contributed by atoms with van der Waals surface area (Å²) in [6, 6.07) is 16.7. The first-order valence-corrected chi connectivity index (χ1v) is 11.5. The van der Waals surface area contributed by atoms with Gasteiger partial charge < -0.3 is 14.4 Å². The van der Waals surface area contributed by atoms with Crippen molar-refractivity contribution in [3.05, 3.63) is 84.3 Å². The number of hydrogen-bond donors (Lipinski definition) is 0. The molecule has 0 bridgehead atoms. The summed E-state index contributed by atoms with van der Waals surface area (Å²) in [6.07, 6.45) is 4.82. The van der Waals surface area contributed by atoms with E-state index in [1.54, 1.807) is 24.3 Å². The lowest BCUT2D eigenvalue weighted by Crippen LogP contribution is -2.38. The molecule has 1 saturated heterocycles. The minimum atomic E-state index is 0.0204. The average Bonchev–Trinajstić information content (AvgIpc) is 3.44. The van der Waals surface area contributed by atoms with Gasteiger partial charge in [0.25, 0.3) is 5.91 Å². The second-order valence-corrected chi connectivity index (χ2v) is 8.47. The van der Waals surface area contributed by atoms with E-state index in [4.69, 9.17) is 9.47 Å². The molecule has 0 N–H and O–H groups in total. The number of methoxy groups -OCH3 is 1. The molecule has 0 aliphatic carbocycles. The van der Waals surface area contributed by atoms with Crippen molar-refractivity contribution in [3.8, 4) is 23.1 Å². The number of nitrogens with zero attached hydrogens (tertiary/aromatic N) is 6. The van der Waals surface area contributed by atoms with Crippen LogP contribution in [-0.2, 0) is 0 Å². The molecular formula is C26H26N6O3. The molecule has 1 amide bonds. The Balaban J connectivity index is 1.24. The maximum Gasteiger partial charge on any atom is 0.253 e. The fourth-order valence-corrected chi connectivity index (χ4v) is 4.22. The van der Waals surface area contributed by atoms with Gasteiger partial charge >= 0.3 is 0 Å². The number of hydrogen-bond acceptors (Lipinski definition) is 7. The summed E-state index contributed by atoms with van der Waals surface area (Å²) in [4.78, 5) is 24.4. The smallest absolute Gasteiger partial charge is 0.253 e. The summed E-state index contributed by atoms with van der Waals surface area (Å²) >= 11 is 0. The predicted molar refractivity (Wildman–Crippen MR) is 129 cm³/mol. The molecule has 35 heavy (non-hydrogen) atoms. The Morgan fingerprint density at radius 2 is 1.66 bits per heavy atom. The van der Waals surface area contributed by atoms with Crippen LogP contribution in [0, 0.1) is 6.92 Å². The molecule has 0 spiro atoms. The fraction of sp³-hybridized carbons (Fsp3) is 0.269. The first-order valence-electron chi connectivity index (χ1n) is 11.5. The molecule has 0 saturated carbocycles. The van der Waals surface area contributed by atoms with E-state index in [1.807, 2.05) is 66.4 Å². The SMILES string of the molecule is COc1ccc(Oc2cc(C)nc(C3CCN(C(=O)c4cccc(-n5cnnc5)c4)CC3)n2)cc1. The van der Waals surface area contributed by atoms with E-state index in [0.717, 1.165) is 35.8 Å². The number of rotatable bonds is 6. The largest absolute Gasteiger partial charge is 0.497 e. The molecule has 2 aromatic heterocycles. The highest BCUT2D eigenvalue weighted by Gasteiger charge is 2.27. The van der Waals surface area contributed by atoms with Crippen molar-refractivity contribution in [1.29, 1.82) is 0 Å². The van der Waals surface area contributed by atoms with Crippen molar-refractivity contribution < 1.29 is 14.3 Å². The quantitative estimate of drug-likeness (QED) is 0.417. The van der Waals surface area contributed by atoms with Crippen LogP contribution in [0.5, 0.6) is 17.4 Å². The van der Waals surface area contributed by atoms with Gasteiger partial charge in [-0.3, -0.25) is 9.36 Å². The van der Waals surface area contributed by atoms with E-state index < -0.39 is 0 Å². The van der Waals surface area contributed by atoms with E-state index >= 15 is 0 Å². The Labute approximate surface area is 203 Å². The van der Waals surface area contributed by atoms with Crippen molar-refractivity contribution in [3.63, 3.8) is 0 Å². The molecule has 1 aliphatic heterocycles. The Bertz CT molecular complexity index is 1300. The van der Waals surface area contributed by atoms with Gasteiger partial charge in [-0.2, -0.15) is 4.98 Å². The molecule has 1 fully saturated rings. The summed E-state index contributed by atoms with van der Waals surface area (Å²) in [5, 5.41) is 7.67. The molecule has 2 aromatic carbocycles. The van der Waals surface area contributed by atoms with Gasteiger partial charge in [0, 0.05) is 42.0 Å². The van der Waals surface area contributed by atoms with E-state index in [0.29, 0.717) is 30.3 Å². The number of aryl methyl sites for hydroxylation is 1. The maximum absolute atomic E-state index is 13.1. The minimum absolute atomic E-state index is 0.0204. The molecule has 3 heterocycles. The molecule has 1 aliphatic rings. The number of carbonyl (C=O) groups excluding carboxylic acids is 1. The highest BCUT2D eigenvalue weighted by molar-refractivity contribution is 5.94. The molecule has 178 valence electrons. The van der Waals surface area contributed by atoms with Gasteiger partial charge in [-0.15, -0.1) is 10.2 Å². The summed E-state index contributed by atoms with van der Waals surface area (Å²) in [6.45, 7) is 3.23. The van der Waals surface area contributed by atoms with Gasteiger partial charge in [-0.1, -0.05) is 6.07 Å². The van der Waals surface area contributed by atoms with Crippen molar-refractivity contribution in [2.75, 3.05) is 20.2 Å². The normalized spacial score (nSPS) is 14.1. The van der Waals surface area contributed by atoms with Gasteiger partial charge in [0.15, 0.2) is 0 Å². The van der Waals surface area contributed by atoms with Crippen molar-refractivity contribution in [2.45, 2.75) is 25.7 Å². The van der Waals surface area contributed by atoms with Gasteiger partial charge in [-0.25, -0.2) is 4.98 Å². The highest BCUT2D eigenvalue weighted by atomic mass is 16.5. The number of piperidine rings is 1. The Morgan fingerprint density at radius 3 is 2.37 bits per heavy atom. The van der Waals surface area contributed by atoms with E-state index in [1.165, 1.54) is 0 Å². The topological polar surface area (TPSA) is 95.3 Å². The number of benzene rings is 2. The molecule has 0 radical (unpaired) electrons.